The molecular formula is C11H10O4S. The lowest BCUT2D eigenvalue weighted by atomic mass is 10.1. The van der Waals surface area contributed by atoms with E-state index in [1.165, 1.54) is 0 Å². The van der Waals surface area contributed by atoms with Crippen LogP contribution < -0.4 is 4.94 Å². The van der Waals surface area contributed by atoms with Crippen LogP contribution in [0.3, 0.4) is 0 Å². The van der Waals surface area contributed by atoms with Gasteiger partial charge < -0.3 is 9.52 Å². The number of carboxylic acids is 1. The zero-order chi connectivity index (χ0) is 11.5. The van der Waals surface area contributed by atoms with E-state index in [0.29, 0.717) is 18.4 Å². The molecule has 0 bridgehead atoms. The van der Waals surface area contributed by atoms with Gasteiger partial charge in [-0.25, -0.2) is 4.79 Å². The molecule has 0 spiro atoms. The average Bonchev–Trinajstić information content (AvgIpc) is 2.56. The van der Waals surface area contributed by atoms with Gasteiger partial charge in [0.25, 0.3) is 0 Å². The smallest absolute Gasteiger partial charge is 0.396 e. The topological polar surface area (TPSA) is 67.5 Å². The van der Waals surface area contributed by atoms with Crippen LogP contribution in [0.1, 0.15) is 18.4 Å². The quantitative estimate of drug-likeness (QED) is 0.887. The molecule has 0 radical (unpaired) electrons. The Morgan fingerprint density at radius 2 is 2.25 bits per heavy atom. The number of hydrogen-bond acceptors (Lipinski definition) is 4. The fourth-order valence-corrected chi connectivity index (χ4v) is 2.16. The van der Waals surface area contributed by atoms with Crippen molar-refractivity contribution < 1.29 is 14.3 Å². The molecule has 1 aromatic heterocycles. The van der Waals surface area contributed by atoms with Gasteiger partial charge in [-0.3, -0.25) is 4.79 Å². The maximum Gasteiger partial charge on any atom is 0.396 e. The van der Waals surface area contributed by atoms with Gasteiger partial charge in [0, 0.05) is 6.42 Å². The summed E-state index contributed by atoms with van der Waals surface area (Å²) < 4.78 is 5.81. The molecule has 16 heavy (non-hydrogen) atoms. The Morgan fingerprint density at radius 1 is 1.44 bits per heavy atom. The minimum atomic E-state index is -0.789. The number of carbonyl (C=O) groups is 1. The first-order valence-corrected chi connectivity index (χ1v) is 5.71. The highest BCUT2D eigenvalue weighted by Gasteiger charge is 2.04. The summed E-state index contributed by atoms with van der Waals surface area (Å²) >= 11 is 1.07. The highest BCUT2D eigenvalue weighted by molar-refractivity contribution is 7.16. The molecule has 0 fully saturated rings. The summed E-state index contributed by atoms with van der Waals surface area (Å²) in [5.74, 6) is -0.789. The number of aryl methyl sites for hydroxylation is 1. The van der Waals surface area contributed by atoms with E-state index in [4.69, 9.17) is 9.52 Å². The predicted octanol–water partition coefficient (Wildman–Crippen LogP) is 2.26. The van der Waals surface area contributed by atoms with Crippen molar-refractivity contribution in [3.63, 3.8) is 0 Å². The third kappa shape index (κ3) is 2.49. The molecule has 0 aliphatic heterocycles. The van der Waals surface area contributed by atoms with Crippen molar-refractivity contribution in [3.8, 4) is 0 Å². The molecule has 0 atom stereocenters. The molecule has 1 N–H and O–H groups in total. The Hall–Kier alpha value is -1.62. The minimum absolute atomic E-state index is 0.158. The van der Waals surface area contributed by atoms with Gasteiger partial charge in [0.15, 0.2) is 0 Å². The zero-order valence-electron chi connectivity index (χ0n) is 8.43. The number of aliphatic carboxylic acids is 1. The zero-order valence-corrected chi connectivity index (χ0v) is 9.25. The van der Waals surface area contributed by atoms with E-state index in [1.54, 1.807) is 6.07 Å². The first-order chi connectivity index (χ1) is 7.65. The van der Waals surface area contributed by atoms with Crippen LogP contribution >= 0.6 is 11.3 Å². The molecule has 0 saturated carbocycles. The molecule has 1 aromatic carbocycles. The predicted molar refractivity (Wildman–Crippen MR) is 60.9 cm³/mol. The standard InChI is InChI=1S/C11H10O4S/c12-10(13)3-1-2-7-4-5-9-8(6-7)15-11(14)16-9/h4-6H,1-3H2,(H,12,13). The number of rotatable bonds is 4. The Morgan fingerprint density at radius 3 is 3.00 bits per heavy atom. The van der Waals surface area contributed by atoms with E-state index in [0.717, 1.165) is 21.6 Å². The van der Waals surface area contributed by atoms with Crippen molar-refractivity contribution in [1.82, 2.24) is 0 Å². The highest BCUT2D eigenvalue weighted by Crippen LogP contribution is 2.19. The second-order valence-electron chi connectivity index (χ2n) is 3.48. The van der Waals surface area contributed by atoms with Crippen molar-refractivity contribution in [3.05, 3.63) is 33.5 Å². The highest BCUT2D eigenvalue weighted by atomic mass is 32.1. The van der Waals surface area contributed by atoms with Crippen LogP contribution in [-0.4, -0.2) is 11.1 Å². The van der Waals surface area contributed by atoms with Gasteiger partial charge in [-0.2, -0.15) is 0 Å². The summed E-state index contributed by atoms with van der Waals surface area (Å²) in [5, 5.41) is 8.51. The Labute approximate surface area is 95.1 Å². The molecule has 5 heteroatoms. The van der Waals surface area contributed by atoms with Crippen LogP contribution in [0.5, 0.6) is 0 Å². The molecule has 0 unspecified atom stereocenters. The molecule has 4 nitrogen and oxygen atoms in total. The van der Waals surface area contributed by atoms with Crippen molar-refractivity contribution >= 4 is 27.6 Å². The van der Waals surface area contributed by atoms with Crippen LogP contribution in [0.2, 0.25) is 0 Å². The van der Waals surface area contributed by atoms with Crippen LogP contribution in [0.15, 0.2) is 27.4 Å². The molecule has 0 aliphatic carbocycles. The molecule has 0 amide bonds. The summed E-state index contributed by atoms with van der Waals surface area (Å²) in [6.45, 7) is 0. The van der Waals surface area contributed by atoms with E-state index in [-0.39, 0.29) is 11.4 Å². The van der Waals surface area contributed by atoms with Crippen LogP contribution in [0.25, 0.3) is 10.3 Å². The van der Waals surface area contributed by atoms with Gasteiger partial charge in [0.1, 0.15) is 5.58 Å². The lowest BCUT2D eigenvalue weighted by molar-refractivity contribution is -0.137. The third-order valence-electron chi connectivity index (χ3n) is 2.25. The van der Waals surface area contributed by atoms with Crippen molar-refractivity contribution in [2.45, 2.75) is 19.3 Å². The van der Waals surface area contributed by atoms with E-state index in [2.05, 4.69) is 0 Å². The number of fused-ring (bicyclic) bond motifs is 1. The summed E-state index contributed by atoms with van der Waals surface area (Å²) in [5.41, 5.74) is 1.58. The summed E-state index contributed by atoms with van der Waals surface area (Å²) in [6.07, 6.45) is 1.43. The van der Waals surface area contributed by atoms with E-state index in [1.807, 2.05) is 12.1 Å². The first kappa shape index (κ1) is 10.9. The molecule has 0 saturated heterocycles. The normalized spacial score (nSPS) is 10.8. The molecule has 1 heterocycles. The number of hydrogen-bond donors (Lipinski definition) is 1. The van der Waals surface area contributed by atoms with Gasteiger partial charge in [-0.05, 0) is 30.5 Å². The number of benzene rings is 1. The van der Waals surface area contributed by atoms with Gasteiger partial charge in [-0.1, -0.05) is 17.4 Å². The lowest BCUT2D eigenvalue weighted by Gasteiger charge is -1.98. The first-order valence-electron chi connectivity index (χ1n) is 4.89. The summed E-state index contributed by atoms with van der Waals surface area (Å²) in [7, 11) is 0. The molecule has 84 valence electrons. The minimum Gasteiger partial charge on any atom is -0.481 e. The van der Waals surface area contributed by atoms with Gasteiger partial charge in [0.05, 0.1) is 4.70 Å². The second kappa shape index (κ2) is 4.49. The average molecular weight is 238 g/mol. The fraction of sp³-hybridized carbons (Fsp3) is 0.273. The molecular weight excluding hydrogens is 228 g/mol. The van der Waals surface area contributed by atoms with E-state index < -0.39 is 5.97 Å². The largest absolute Gasteiger partial charge is 0.481 e. The second-order valence-corrected chi connectivity index (χ2v) is 4.46. The van der Waals surface area contributed by atoms with Crippen molar-refractivity contribution in [2.75, 3.05) is 0 Å². The molecule has 2 rings (SSSR count). The lowest BCUT2D eigenvalue weighted by Crippen LogP contribution is -1.95. The van der Waals surface area contributed by atoms with Crippen molar-refractivity contribution in [2.24, 2.45) is 0 Å². The molecule has 2 aromatic rings. The summed E-state index contributed by atoms with van der Waals surface area (Å²) in [4.78, 5) is 21.0. The Bertz CT molecular complexity index is 567. The number of carboxylic acid groups (broad SMARTS) is 1. The van der Waals surface area contributed by atoms with Crippen molar-refractivity contribution in [1.29, 1.82) is 0 Å². The Kier molecular flexibility index (Phi) is 3.05. The van der Waals surface area contributed by atoms with Gasteiger partial charge >= 0.3 is 10.9 Å². The van der Waals surface area contributed by atoms with Crippen LogP contribution in [0, 0.1) is 0 Å². The Balaban J connectivity index is 2.13. The van der Waals surface area contributed by atoms with Gasteiger partial charge in [0.2, 0.25) is 0 Å². The monoisotopic (exact) mass is 238 g/mol. The van der Waals surface area contributed by atoms with E-state index in [9.17, 15) is 9.59 Å². The third-order valence-corrected chi connectivity index (χ3v) is 3.06. The van der Waals surface area contributed by atoms with Gasteiger partial charge in [-0.15, -0.1) is 0 Å². The van der Waals surface area contributed by atoms with E-state index >= 15 is 0 Å². The summed E-state index contributed by atoms with van der Waals surface area (Å²) in [6, 6.07) is 5.53. The SMILES string of the molecule is O=C(O)CCCc1ccc2sc(=O)oc2c1. The maximum atomic E-state index is 11.0. The maximum absolute atomic E-state index is 11.0. The fourth-order valence-electron chi connectivity index (χ4n) is 1.52. The molecule has 0 aliphatic rings. The van der Waals surface area contributed by atoms with Crippen LogP contribution in [0.4, 0.5) is 0 Å². The van der Waals surface area contributed by atoms with Crippen LogP contribution in [-0.2, 0) is 11.2 Å².